The highest BCUT2D eigenvalue weighted by molar-refractivity contribution is 7.02. The molecule has 10 aromatic carbocycles. The number of ether oxygens (including phenoxy) is 4. The zero-order valence-electron chi connectivity index (χ0n) is 37.5. The highest BCUT2D eigenvalue weighted by Gasteiger charge is 2.46. The lowest BCUT2D eigenvalue weighted by atomic mass is 9.31. The molecule has 0 saturated heterocycles. The number of fused-ring (bicyclic) bond motifs is 8. The smallest absolute Gasteiger partial charge is 0.248 e. The van der Waals surface area contributed by atoms with Gasteiger partial charge in [-0.15, -0.1) is 0 Å². The molecule has 66 heavy (non-hydrogen) atoms. The van der Waals surface area contributed by atoms with Crippen molar-refractivity contribution in [2.45, 2.75) is 13.8 Å². The van der Waals surface area contributed by atoms with Gasteiger partial charge in [-0.1, -0.05) is 83.7 Å². The van der Waals surface area contributed by atoms with Crippen LogP contribution in [0.5, 0.6) is 23.0 Å². The summed E-state index contributed by atoms with van der Waals surface area (Å²) < 4.78 is 24.3. The molecule has 0 aromatic heterocycles. The number of para-hydroxylation sites is 2. The van der Waals surface area contributed by atoms with Crippen LogP contribution in [0.25, 0.3) is 54.6 Å². The van der Waals surface area contributed by atoms with E-state index in [-0.39, 0.29) is 13.4 Å². The predicted octanol–water partition coefficient (Wildman–Crippen LogP) is 9.79. The summed E-state index contributed by atoms with van der Waals surface area (Å²) in [5.41, 5.74) is 21.8. The second-order valence-electron chi connectivity index (χ2n) is 18.3. The molecule has 0 amide bonds. The zero-order chi connectivity index (χ0) is 44.3. The van der Waals surface area contributed by atoms with Crippen LogP contribution in [-0.2, 0) is 0 Å². The van der Waals surface area contributed by atoms with Crippen LogP contribution in [0.1, 0.15) is 11.1 Å². The molecule has 4 aliphatic heterocycles. The van der Waals surface area contributed by atoms with Crippen molar-refractivity contribution in [1.29, 1.82) is 0 Å². The Kier molecular flexibility index (Phi) is 7.60. The molecule has 0 N–H and O–H groups in total. The van der Waals surface area contributed by atoms with E-state index in [0.29, 0.717) is 0 Å². The van der Waals surface area contributed by atoms with Gasteiger partial charge in [-0.05, 0) is 150 Å². The quantitative estimate of drug-likeness (QED) is 0.123. The lowest BCUT2D eigenvalue weighted by Gasteiger charge is -2.42. The van der Waals surface area contributed by atoms with Crippen LogP contribution < -0.4 is 61.5 Å². The first kappa shape index (κ1) is 37.5. The highest BCUT2D eigenvalue weighted by Crippen LogP contribution is 2.51. The highest BCUT2D eigenvalue weighted by atomic mass is 16.5. The molecular formula is C58H42B2N2O4. The molecule has 0 saturated carbocycles. The molecule has 0 aliphatic carbocycles. The molecule has 4 heterocycles. The van der Waals surface area contributed by atoms with Gasteiger partial charge in [0.2, 0.25) is 13.4 Å². The van der Waals surface area contributed by atoms with Crippen LogP contribution in [0.4, 0.5) is 34.1 Å². The summed E-state index contributed by atoms with van der Waals surface area (Å²) in [4.78, 5) is 4.80. The number of aryl methyl sites for hydroxylation is 2. The minimum atomic E-state index is -0.0354. The van der Waals surface area contributed by atoms with Gasteiger partial charge in [-0.3, -0.25) is 0 Å². The summed E-state index contributed by atoms with van der Waals surface area (Å²) >= 11 is 0. The van der Waals surface area contributed by atoms with Crippen LogP contribution >= 0.6 is 0 Å². The number of hydrogen-bond acceptors (Lipinski definition) is 6. The second kappa shape index (κ2) is 13.4. The number of hydrogen-bond donors (Lipinski definition) is 0. The molecule has 6 nitrogen and oxygen atoms in total. The molecule has 10 aromatic rings. The topological polar surface area (TPSA) is 43.4 Å². The van der Waals surface area contributed by atoms with Crippen molar-refractivity contribution in [3.05, 3.63) is 157 Å². The van der Waals surface area contributed by atoms with Crippen molar-refractivity contribution in [2.75, 3.05) is 38.2 Å². The third-order valence-corrected chi connectivity index (χ3v) is 15.2. The fourth-order valence-electron chi connectivity index (χ4n) is 12.5. The Hall–Kier alpha value is -7.83. The SMILES string of the molecule is COc1ccc2c(c1)N(c1ccccc1)c1cc(OC)cc3c1B2c1cc2c(C)cc4c5c(cc6c(C)cc-3c1c6c25)B1c2ccc(OC)cc2N(c2ccccc2)c2cc(OC)cc-4c21. The second-order valence-corrected chi connectivity index (χ2v) is 18.3. The fourth-order valence-corrected chi connectivity index (χ4v) is 12.5. The van der Waals surface area contributed by atoms with Gasteiger partial charge in [-0.2, -0.15) is 0 Å². The molecule has 0 fully saturated rings. The molecule has 0 atom stereocenters. The van der Waals surface area contributed by atoms with E-state index in [9.17, 15) is 0 Å². The Morgan fingerprint density at radius 1 is 0.348 bits per heavy atom. The van der Waals surface area contributed by atoms with E-state index >= 15 is 0 Å². The van der Waals surface area contributed by atoms with Gasteiger partial charge >= 0.3 is 0 Å². The Balaban J connectivity index is 1.13. The van der Waals surface area contributed by atoms with Crippen molar-refractivity contribution in [1.82, 2.24) is 0 Å². The molecular weight excluding hydrogens is 810 g/mol. The third-order valence-electron chi connectivity index (χ3n) is 15.2. The largest absolute Gasteiger partial charge is 0.497 e. The van der Waals surface area contributed by atoms with Crippen LogP contribution in [0.3, 0.4) is 0 Å². The van der Waals surface area contributed by atoms with E-state index in [1.54, 1.807) is 28.4 Å². The maximum Gasteiger partial charge on any atom is 0.248 e. The standard InChI is InChI=1S/C58H42B2N2O4/c1-31-21-41-43-23-37(65-5)27-51-57(43)60(46-20-18-36(64-4)26-50(46)61(51)33-13-9-7-10-14-33)48-30-40-32(2)22-42-44-24-38(66-6)28-52-58(44)59(47-29-39(31)55(53(41)48)56(40)54(42)47)45-19-17-35(63-3)25-49(45)62(52)34-15-11-8-12-16-34/h7-30H,1-6H3. The lowest BCUT2D eigenvalue weighted by molar-refractivity contribution is 0.414. The van der Waals surface area contributed by atoms with Gasteiger partial charge in [0, 0.05) is 58.4 Å². The predicted molar refractivity (Wildman–Crippen MR) is 275 cm³/mol. The van der Waals surface area contributed by atoms with Crippen molar-refractivity contribution >= 4 is 113 Å². The Bertz CT molecular complexity index is 3510. The Labute approximate surface area is 384 Å². The summed E-state index contributed by atoms with van der Waals surface area (Å²) in [7, 11) is 7.06. The van der Waals surface area contributed by atoms with E-state index in [0.717, 1.165) is 57.1 Å². The van der Waals surface area contributed by atoms with E-state index in [1.165, 1.54) is 98.5 Å². The van der Waals surface area contributed by atoms with E-state index in [4.69, 9.17) is 18.9 Å². The first-order valence-corrected chi connectivity index (χ1v) is 22.7. The maximum absolute atomic E-state index is 6.19. The van der Waals surface area contributed by atoms with Crippen LogP contribution in [-0.4, -0.2) is 41.9 Å². The van der Waals surface area contributed by atoms with Gasteiger partial charge in [-0.25, -0.2) is 0 Å². The molecule has 0 unspecified atom stereocenters. The molecule has 0 radical (unpaired) electrons. The van der Waals surface area contributed by atoms with Gasteiger partial charge in [0.15, 0.2) is 0 Å². The molecule has 4 aliphatic rings. The van der Waals surface area contributed by atoms with Gasteiger partial charge < -0.3 is 28.7 Å². The number of anilines is 6. The minimum absolute atomic E-state index is 0.0354. The number of nitrogens with zero attached hydrogens (tertiary/aromatic N) is 2. The van der Waals surface area contributed by atoms with E-state index in [1.807, 2.05) is 0 Å². The average molecular weight is 853 g/mol. The van der Waals surface area contributed by atoms with Crippen molar-refractivity contribution in [2.24, 2.45) is 0 Å². The van der Waals surface area contributed by atoms with Crippen LogP contribution in [0.15, 0.2) is 146 Å². The van der Waals surface area contributed by atoms with E-state index < -0.39 is 0 Å². The van der Waals surface area contributed by atoms with Gasteiger partial charge in [0.25, 0.3) is 0 Å². The fraction of sp³-hybridized carbons (Fsp3) is 0.103. The number of rotatable bonds is 6. The third kappa shape index (κ3) is 4.73. The number of methoxy groups -OCH3 is 4. The number of benzene rings is 10. The molecule has 8 heteroatoms. The first-order chi connectivity index (χ1) is 32.4. The van der Waals surface area contributed by atoms with Crippen LogP contribution in [0, 0.1) is 13.8 Å². The lowest BCUT2D eigenvalue weighted by Crippen LogP contribution is -2.60. The molecule has 14 rings (SSSR count). The summed E-state index contributed by atoms with van der Waals surface area (Å²) in [6.45, 7) is 4.55. The first-order valence-electron chi connectivity index (χ1n) is 22.7. The minimum Gasteiger partial charge on any atom is -0.497 e. The summed E-state index contributed by atoms with van der Waals surface area (Å²) in [5, 5.41) is 7.89. The summed E-state index contributed by atoms with van der Waals surface area (Å²) in [5.74, 6) is 3.30. The summed E-state index contributed by atoms with van der Waals surface area (Å²) in [6.07, 6.45) is 0. The van der Waals surface area contributed by atoms with Crippen molar-refractivity contribution in [3.63, 3.8) is 0 Å². The normalized spacial score (nSPS) is 13.5. The van der Waals surface area contributed by atoms with Crippen molar-refractivity contribution in [3.8, 4) is 45.3 Å². The van der Waals surface area contributed by atoms with Crippen molar-refractivity contribution < 1.29 is 18.9 Å². The van der Waals surface area contributed by atoms with Gasteiger partial charge in [0.05, 0.1) is 28.4 Å². The van der Waals surface area contributed by atoms with Gasteiger partial charge in [0.1, 0.15) is 23.0 Å². The zero-order valence-corrected chi connectivity index (χ0v) is 37.5. The maximum atomic E-state index is 6.19. The summed E-state index contributed by atoms with van der Waals surface area (Å²) in [6, 6.07) is 53.6. The molecule has 0 bridgehead atoms. The molecule has 314 valence electrons. The molecule has 0 spiro atoms. The average Bonchev–Trinajstić information content (AvgIpc) is 3.36. The van der Waals surface area contributed by atoms with E-state index in [2.05, 4.69) is 169 Å². The Morgan fingerprint density at radius 2 is 0.742 bits per heavy atom. The van der Waals surface area contributed by atoms with Crippen LogP contribution in [0.2, 0.25) is 0 Å². The Morgan fingerprint density at radius 3 is 1.14 bits per heavy atom. The monoisotopic (exact) mass is 852 g/mol.